The SMILES string of the molecule is CCNC(=NCc1ccnc(-n2cccn2)c1)NC(C)(C)C.I. The summed E-state index contributed by atoms with van der Waals surface area (Å²) in [6, 6.07) is 5.84. The van der Waals surface area contributed by atoms with Gasteiger partial charge in [0.1, 0.15) is 0 Å². The minimum Gasteiger partial charge on any atom is -0.357 e. The second kappa shape index (κ2) is 8.85. The van der Waals surface area contributed by atoms with Crippen LogP contribution in [0.15, 0.2) is 41.8 Å². The van der Waals surface area contributed by atoms with E-state index in [1.807, 2.05) is 24.4 Å². The average molecular weight is 428 g/mol. The first-order chi connectivity index (χ1) is 10.5. The summed E-state index contributed by atoms with van der Waals surface area (Å²) in [5, 5.41) is 10.8. The normalized spacial score (nSPS) is 11.7. The zero-order valence-electron chi connectivity index (χ0n) is 14.1. The molecule has 0 saturated carbocycles. The molecular weight excluding hydrogens is 403 g/mol. The van der Waals surface area contributed by atoms with Crippen molar-refractivity contribution in [1.29, 1.82) is 0 Å². The van der Waals surface area contributed by atoms with E-state index in [0.717, 1.165) is 23.9 Å². The maximum atomic E-state index is 4.63. The van der Waals surface area contributed by atoms with E-state index in [1.165, 1.54) is 0 Å². The molecule has 2 heterocycles. The Labute approximate surface area is 154 Å². The summed E-state index contributed by atoms with van der Waals surface area (Å²) in [6.45, 7) is 9.81. The third-order valence-electron chi connectivity index (χ3n) is 2.81. The Hall–Kier alpha value is -1.64. The summed E-state index contributed by atoms with van der Waals surface area (Å²) >= 11 is 0. The van der Waals surface area contributed by atoms with Crippen molar-refractivity contribution in [2.75, 3.05) is 6.54 Å². The Kier molecular flexibility index (Phi) is 7.47. The Morgan fingerprint density at radius 1 is 1.30 bits per heavy atom. The highest BCUT2D eigenvalue weighted by atomic mass is 127. The standard InChI is InChI=1S/C16H24N6.HI/c1-5-17-15(21-16(2,3)4)19-12-13-7-9-18-14(11-13)22-10-6-8-20-22;/h6-11H,5,12H2,1-4H3,(H2,17,19,21);1H. The van der Waals surface area contributed by atoms with Crippen LogP contribution in [0.5, 0.6) is 0 Å². The zero-order chi connectivity index (χ0) is 16.0. The van der Waals surface area contributed by atoms with Crippen LogP contribution >= 0.6 is 24.0 Å². The van der Waals surface area contributed by atoms with Gasteiger partial charge in [-0.25, -0.2) is 14.7 Å². The van der Waals surface area contributed by atoms with Crippen molar-refractivity contribution < 1.29 is 0 Å². The van der Waals surface area contributed by atoms with E-state index in [2.05, 4.69) is 53.4 Å². The van der Waals surface area contributed by atoms with Crippen LogP contribution in [0, 0.1) is 0 Å². The molecule has 23 heavy (non-hydrogen) atoms. The molecule has 6 nitrogen and oxygen atoms in total. The van der Waals surface area contributed by atoms with E-state index >= 15 is 0 Å². The van der Waals surface area contributed by atoms with Gasteiger partial charge in [0.05, 0.1) is 6.54 Å². The molecule has 0 amide bonds. The second-order valence-electron chi connectivity index (χ2n) is 6.04. The van der Waals surface area contributed by atoms with Gasteiger partial charge < -0.3 is 10.6 Å². The van der Waals surface area contributed by atoms with Gasteiger partial charge in [-0.3, -0.25) is 0 Å². The lowest BCUT2D eigenvalue weighted by Gasteiger charge is -2.23. The van der Waals surface area contributed by atoms with Gasteiger partial charge in [-0.1, -0.05) is 0 Å². The molecule has 0 aliphatic carbocycles. The van der Waals surface area contributed by atoms with Gasteiger partial charge in [0, 0.05) is 30.7 Å². The monoisotopic (exact) mass is 428 g/mol. The van der Waals surface area contributed by atoms with Crippen LogP contribution in [-0.4, -0.2) is 32.8 Å². The first-order valence-electron chi connectivity index (χ1n) is 7.49. The maximum absolute atomic E-state index is 4.63. The van der Waals surface area contributed by atoms with Gasteiger partial charge in [0.25, 0.3) is 0 Å². The summed E-state index contributed by atoms with van der Waals surface area (Å²) in [5.74, 6) is 1.61. The van der Waals surface area contributed by atoms with E-state index in [1.54, 1.807) is 17.1 Å². The number of rotatable bonds is 4. The fourth-order valence-corrected chi connectivity index (χ4v) is 1.92. The number of pyridine rings is 1. The van der Waals surface area contributed by atoms with Crippen molar-refractivity contribution in [1.82, 2.24) is 25.4 Å². The second-order valence-corrected chi connectivity index (χ2v) is 6.04. The first kappa shape index (κ1) is 19.4. The summed E-state index contributed by atoms with van der Waals surface area (Å²) < 4.78 is 1.74. The summed E-state index contributed by atoms with van der Waals surface area (Å²) in [5.41, 5.74) is 1.06. The average Bonchev–Trinajstić information content (AvgIpc) is 2.98. The number of hydrogen-bond donors (Lipinski definition) is 2. The third-order valence-corrected chi connectivity index (χ3v) is 2.81. The van der Waals surface area contributed by atoms with Crippen molar-refractivity contribution in [2.24, 2.45) is 4.99 Å². The van der Waals surface area contributed by atoms with E-state index in [4.69, 9.17) is 0 Å². The molecule has 0 fully saturated rings. The largest absolute Gasteiger partial charge is 0.357 e. The Morgan fingerprint density at radius 2 is 2.09 bits per heavy atom. The molecule has 2 aromatic heterocycles. The highest BCUT2D eigenvalue weighted by Crippen LogP contribution is 2.07. The maximum Gasteiger partial charge on any atom is 0.191 e. The molecule has 0 radical (unpaired) electrons. The Bertz CT molecular complexity index is 616. The van der Waals surface area contributed by atoms with Gasteiger partial charge >= 0.3 is 0 Å². The molecule has 0 atom stereocenters. The topological polar surface area (TPSA) is 67.1 Å². The van der Waals surface area contributed by atoms with Crippen LogP contribution in [0.4, 0.5) is 0 Å². The van der Waals surface area contributed by atoms with Gasteiger partial charge in [0.15, 0.2) is 11.8 Å². The number of halogens is 1. The lowest BCUT2D eigenvalue weighted by molar-refractivity contribution is 0.501. The molecule has 126 valence electrons. The molecular formula is C16H25IN6. The van der Waals surface area contributed by atoms with E-state index in [-0.39, 0.29) is 29.5 Å². The smallest absolute Gasteiger partial charge is 0.191 e. The van der Waals surface area contributed by atoms with Crippen LogP contribution in [0.25, 0.3) is 5.82 Å². The Balaban J connectivity index is 0.00000264. The van der Waals surface area contributed by atoms with Crippen LogP contribution in [0.1, 0.15) is 33.3 Å². The van der Waals surface area contributed by atoms with E-state index in [0.29, 0.717) is 6.54 Å². The van der Waals surface area contributed by atoms with Gasteiger partial charge in [0.2, 0.25) is 0 Å². The molecule has 0 aliphatic rings. The van der Waals surface area contributed by atoms with E-state index in [9.17, 15) is 0 Å². The predicted molar refractivity (Wildman–Crippen MR) is 104 cm³/mol. The van der Waals surface area contributed by atoms with Crippen LogP contribution in [0.2, 0.25) is 0 Å². The number of nitrogens with zero attached hydrogens (tertiary/aromatic N) is 4. The van der Waals surface area contributed by atoms with Crippen LogP contribution < -0.4 is 10.6 Å². The fraction of sp³-hybridized carbons (Fsp3) is 0.438. The molecule has 0 unspecified atom stereocenters. The van der Waals surface area contributed by atoms with Gasteiger partial charge in [-0.05, 0) is 51.5 Å². The molecule has 2 aromatic rings. The molecule has 2 rings (SSSR count). The summed E-state index contributed by atoms with van der Waals surface area (Å²) in [7, 11) is 0. The quantitative estimate of drug-likeness (QED) is 0.447. The van der Waals surface area contributed by atoms with E-state index < -0.39 is 0 Å². The minimum absolute atomic E-state index is 0. The zero-order valence-corrected chi connectivity index (χ0v) is 16.4. The van der Waals surface area contributed by atoms with Gasteiger partial charge in [-0.2, -0.15) is 5.10 Å². The van der Waals surface area contributed by atoms with Crippen molar-refractivity contribution in [3.63, 3.8) is 0 Å². The highest BCUT2D eigenvalue weighted by Gasteiger charge is 2.11. The minimum atomic E-state index is -0.0283. The van der Waals surface area contributed by atoms with Gasteiger partial charge in [-0.15, -0.1) is 24.0 Å². The van der Waals surface area contributed by atoms with Crippen LogP contribution in [-0.2, 0) is 6.54 Å². The molecule has 0 bridgehead atoms. The molecule has 0 saturated heterocycles. The molecule has 0 aromatic carbocycles. The summed E-state index contributed by atoms with van der Waals surface area (Å²) in [4.78, 5) is 8.95. The third kappa shape index (κ3) is 6.55. The fourth-order valence-electron chi connectivity index (χ4n) is 1.92. The lowest BCUT2D eigenvalue weighted by Crippen LogP contribution is -2.47. The molecule has 0 spiro atoms. The molecule has 2 N–H and O–H groups in total. The summed E-state index contributed by atoms with van der Waals surface area (Å²) in [6.07, 6.45) is 5.40. The number of aliphatic imine (C=N–C) groups is 1. The number of guanidine groups is 1. The predicted octanol–water partition coefficient (Wildman–Crippen LogP) is 2.74. The number of aromatic nitrogens is 3. The Morgan fingerprint density at radius 3 is 2.70 bits per heavy atom. The van der Waals surface area contributed by atoms with Crippen molar-refractivity contribution >= 4 is 29.9 Å². The highest BCUT2D eigenvalue weighted by molar-refractivity contribution is 14.0. The number of nitrogens with one attached hydrogen (secondary N) is 2. The van der Waals surface area contributed by atoms with Crippen molar-refractivity contribution in [3.8, 4) is 5.82 Å². The van der Waals surface area contributed by atoms with Crippen molar-refractivity contribution in [2.45, 2.75) is 39.8 Å². The molecule has 7 heteroatoms. The number of hydrogen-bond acceptors (Lipinski definition) is 3. The lowest BCUT2D eigenvalue weighted by atomic mass is 10.1. The van der Waals surface area contributed by atoms with Crippen LogP contribution in [0.3, 0.4) is 0 Å². The first-order valence-corrected chi connectivity index (χ1v) is 7.49. The van der Waals surface area contributed by atoms with Crippen molar-refractivity contribution in [3.05, 3.63) is 42.4 Å². The molecule has 0 aliphatic heterocycles.